The number of carbonyl (C=O) groups is 1. The molecule has 2 aliphatic heterocycles. The van der Waals surface area contributed by atoms with Gasteiger partial charge in [-0.15, -0.1) is 0 Å². The van der Waals surface area contributed by atoms with Gasteiger partial charge in [-0.2, -0.15) is 0 Å². The maximum atomic E-state index is 10.8. The zero-order valence-corrected chi connectivity index (χ0v) is 10.5. The molecule has 1 unspecified atom stereocenters. The highest BCUT2D eigenvalue weighted by Gasteiger charge is 2.54. The van der Waals surface area contributed by atoms with Crippen molar-refractivity contribution in [2.45, 2.75) is 70.2 Å². The number of hydrogen-bond acceptors (Lipinski definition) is 4. The van der Waals surface area contributed by atoms with Crippen molar-refractivity contribution >= 4 is 5.97 Å². The summed E-state index contributed by atoms with van der Waals surface area (Å²) in [6.07, 6.45) is 1.01. The van der Waals surface area contributed by atoms with Gasteiger partial charge in [0.15, 0.2) is 5.79 Å². The van der Waals surface area contributed by atoms with Gasteiger partial charge in [-0.25, -0.2) is 0 Å². The number of rotatable bonds is 4. The molecule has 2 fully saturated rings. The summed E-state index contributed by atoms with van der Waals surface area (Å²) < 4.78 is 17.3. The van der Waals surface area contributed by atoms with Gasteiger partial charge in [0.25, 0.3) is 0 Å². The fourth-order valence-electron chi connectivity index (χ4n) is 2.62. The van der Waals surface area contributed by atoms with Gasteiger partial charge in [-0.1, -0.05) is 13.3 Å². The van der Waals surface area contributed by atoms with Crippen LogP contribution in [0.15, 0.2) is 0 Å². The molecule has 0 aromatic rings. The van der Waals surface area contributed by atoms with Crippen molar-refractivity contribution in [2.75, 3.05) is 0 Å². The van der Waals surface area contributed by atoms with Crippen LogP contribution in [0.3, 0.4) is 0 Å². The molecule has 2 rings (SSSR count). The molecule has 0 amide bonds. The summed E-state index contributed by atoms with van der Waals surface area (Å²) in [7, 11) is 0. The highest BCUT2D eigenvalue weighted by Crippen LogP contribution is 2.40. The lowest BCUT2D eigenvalue weighted by molar-refractivity contribution is -0.189. The van der Waals surface area contributed by atoms with Gasteiger partial charge < -0.3 is 19.3 Å². The number of carboxylic acid groups (broad SMARTS) is 1. The van der Waals surface area contributed by atoms with Gasteiger partial charge in [-0.05, 0) is 20.3 Å². The second-order valence-electron chi connectivity index (χ2n) is 5.16. The largest absolute Gasteiger partial charge is 0.481 e. The lowest BCUT2D eigenvalue weighted by atomic mass is 10.0. The highest BCUT2D eigenvalue weighted by atomic mass is 16.8. The van der Waals surface area contributed by atoms with Gasteiger partial charge >= 0.3 is 5.97 Å². The molecular weight excluding hydrogens is 224 g/mol. The Morgan fingerprint density at radius 2 is 1.82 bits per heavy atom. The standard InChI is InChI=1S/C12H20O5/c1-4-5-7-10-11(17-12(2,3)16-10)8(15-7)6-9(13)14/h7-8,10-11H,4-6H2,1-3H3,(H,13,14)/t7-,8+,10?,11+/m1/s1. The predicted molar refractivity (Wildman–Crippen MR) is 59.6 cm³/mol. The summed E-state index contributed by atoms with van der Waals surface area (Å²) in [5.41, 5.74) is 0. The van der Waals surface area contributed by atoms with Crippen molar-refractivity contribution in [1.82, 2.24) is 0 Å². The van der Waals surface area contributed by atoms with Crippen LogP contribution in [-0.2, 0) is 19.0 Å². The topological polar surface area (TPSA) is 65.0 Å². The quantitative estimate of drug-likeness (QED) is 0.812. The van der Waals surface area contributed by atoms with Gasteiger partial charge in [0.2, 0.25) is 0 Å². The summed E-state index contributed by atoms with van der Waals surface area (Å²) in [5, 5.41) is 8.86. The van der Waals surface area contributed by atoms with Gasteiger partial charge in [-0.3, -0.25) is 4.79 Å². The SMILES string of the molecule is CCC[C@H]1O[C@@H](CC(=O)O)[C@@H]2OC(C)(C)OC21. The Balaban J connectivity index is 2.09. The maximum Gasteiger partial charge on any atom is 0.306 e. The van der Waals surface area contributed by atoms with E-state index in [4.69, 9.17) is 19.3 Å². The van der Waals surface area contributed by atoms with E-state index in [1.807, 2.05) is 13.8 Å². The molecule has 0 saturated carbocycles. The van der Waals surface area contributed by atoms with Crippen LogP contribution in [0, 0.1) is 0 Å². The van der Waals surface area contributed by atoms with Gasteiger partial charge in [0.05, 0.1) is 18.6 Å². The summed E-state index contributed by atoms with van der Waals surface area (Å²) in [5.74, 6) is -1.50. The third-order valence-electron chi connectivity index (χ3n) is 3.20. The molecule has 2 aliphatic rings. The van der Waals surface area contributed by atoms with Gasteiger partial charge in [0, 0.05) is 0 Å². The predicted octanol–water partition coefficient (Wildman–Crippen LogP) is 1.55. The first-order chi connectivity index (χ1) is 7.93. The minimum Gasteiger partial charge on any atom is -0.481 e. The fourth-order valence-corrected chi connectivity index (χ4v) is 2.62. The number of ether oxygens (including phenoxy) is 3. The number of hydrogen-bond donors (Lipinski definition) is 1. The van der Waals surface area contributed by atoms with Crippen LogP contribution in [0.1, 0.15) is 40.0 Å². The van der Waals surface area contributed by atoms with E-state index < -0.39 is 17.9 Å². The molecule has 5 nitrogen and oxygen atoms in total. The van der Waals surface area contributed by atoms with Crippen LogP contribution in [-0.4, -0.2) is 41.3 Å². The first-order valence-corrected chi connectivity index (χ1v) is 6.16. The fraction of sp³-hybridized carbons (Fsp3) is 0.917. The van der Waals surface area contributed by atoms with E-state index in [9.17, 15) is 4.79 Å². The lowest BCUT2D eigenvalue weighted by Gasteiger charge is -2.23. The summed E-state index contributed by atoms with van der Waals surface area (Å²) in [6.45, 7) is 5.78. The molecule has 0 bridgehead atoms. The van der Waals surface area contributed by atoms with E-state index in [1.54, 1.807) is 0 Å². The summed E-state index contributed by atoms with van der Waals surface area (Å²) in [6, 6.07) is 0. The van der Waals surface area contributed by atoms with E-state index in [1.165, 1.54) is 0 Å². The average molecular weight is 244 g/mol. The summed E-state index contributed by atoms with van der Waals surface area (Å²) >= 11 is 0. The first-order valence-electron chi connectivity index (χ1n) is 6.16. The molecule has 98 valence electrons. The Morgan fingerprint density at radius 1 is 1.24 bits per heavy atom. The molecule has 0 spiro atoms. The number of carboxylic acids is 1. The summed E-state index contributed by atoms with van der Waals surface area (Å²) in [4.78, 5) is 10.8. The molecular formula is C12H20O5. The van der Waals surface area contributed by atoms with Crippen LogP contribution in [0.25, 0.3) is 0 Å². The molecule has 5 heteroatoms. The Morgan fingerprint density at radius 3 is 2.35 bits per heavy atom. The van der Waals surface area contributed by atoms with Crippen molar-refractivity contribution in [2.24, 2.45) is 0 Å². The average Bonchev–Trinajstić information content (AvgIpc) is 2.63. The normalized spacial score (nSPS) is 39.2. The molecule has 17 heavy (non-hydrogen) atoms. The Labute approximate surface area is 101 Å². The molecule has 0 aliphatic carbocycles. The monoisotopic (exact) mass is 244 g/mol. The Kier molecular flexibility index (Phi) is 3.43. The molecule has 4 atom stereocenters. The van der Waals surface area contributed by atoms with Crippen LogP contribution in [0.5, 0.6) is 0 Å². The zero-order chi connectivity index (χ0) is 12.6. The van der Waals surface area contributed by atoms with Gasteiger partial charge in [0.1, 0.15) is 12.2 Å². The van der Waals surface area contributed by atoms with E-state index in [2.05, 4.69) is 6.92 Å². The van der Waals surface area contributed by atoms with E-state index in [-0.39, 0.29) is 24.7 Å². The van der Waals surface area contributed by atoms with E-state index in [0.717, 1.165) is 12.8 Å². The molecule has 0 aromatic heterocycles. The third kappa shape index (κ3) is 2.61. The van der Waals surface area contributed by atoms with Crippen LogP contribution < -0.4 is 0 Å². The Hall–Kier alpha value is -0.650. The molecule has 2 saturated heterocycles. The van der Waals surface area contributed by atoms with Crippen molar-refractivity contribution in [1.29, 1.82) is 0 Å². The number of aliphatic carboxylic acids is 1. The second kappa shape index (κ2) is 4.55. The van der Waals surface area contributed by atoms with Crippen molar-refractivity contribution in [3.8, 4) is 0 Å². The van der Waals surface area contributed by atoms with Crippen LogP contribution >= 0.6 is 0 Å². The zero-order valence-electron chi connectivity index (χ0n) is 10.5. The van der Waals surface area contributed by atoms with Crippen LogP contribution in [0.2, 0.25) is 0 Å². The minimum atomic E-state index is -0.862. The van der Waals surface area contributed by atoms with Crippen molar-refractivity contribution in [3.63, 3.8) is 0 Å². The molecule has 1 N–H and O–H groups in total. The Bertz CT molecular complexity index is 301. The third-order valence-corrected chi connectivity index (χ3v) is 3.20. The molecule has 0 radical (unpaired) electrons. The van der Waals surface area contributed by atoms with E-state index >= 15 is 0 Å². The van der Waals surface area contributed by atoms with Crippen LogP contribution in [0.4, 0.5) is 0 Å². The smallest absolute Gasteiger partial charge is 0.306 e. The molecule has 0 aromatic carbocycles. The first kappa shape index (κ1) is 12.8. The highest BCUT2D eigenvalue weighted by molar-refractivity contribution is 5.67. The second-order valence-corrected chi connectivity index (χ2v) is 5.16. The number of fused-ring (bicyclic) bond motifs is 1. The van der Waals surface area contributed by atoms with Crippen molar-refractivity contribution in [3.05, 3.63) is 0 Å². The van der Waals surface area contributed by atoms with E-state index in [0.29, 0.717) is 0 Å². The molecule has 2 heterocycles. The van der Waals surface area contributed by atoms with Crippen molar-refractivity contribution < 1.29 is 24.1 Å². The maximum absolute atomic E-state index is 10.8. The minimum absolute atomic E-state index is 0.0270. The lowest BCUT2D eigenvalue weighted by Crippen LogP contribution is -2.31.